The molecule has 14 N–H and O–H groups in total. The van der Waals surface area contributed by atoms with Crippen LogP contribution in [0.4, 0.5) is 0 Å². The van der Waals surface area contributed by atoms with Gasteiger partial charge in [0.25, 0.3) is 5.91 Å². The lowest BCUT2D eigenvalue weighted by Crippen LogP contribution is -2.65. The number of nitrogens with two attached hydrogens (primary N) is 4. The summed E-state index contributed by atoms with van der Waals surface area (Å²) >= 11 is 0. The Morgan fingerprint density at radius 2 is 1.38 bits per heavy atom. The summed E-state index contributed by atoms with van der Waals surface area (Å²) in [7, 11) is -5.15. The average molecular weight is 870 g/mol. The van der Waals surface area contributed by atoms with Gasteiger partial charge in [0.2, 0.25) is 27.7 Å². The van der Waals surface area contributed by atoms with Gasteiger partial charge in [0.15, 0.2) is 6.17 Å². The fourth-order valence-electron chi connectivity index (χ4n) is 8.82. The third kappa shape index (κ3) is 11.3. The molecule has 2 aromatic carbocycles. The molecule has 336 valence electrons. The topological polar surface area (TPSA) is 305 Å². The summed E-state index contributed by atoms with van der Waals surface area (Å²) in [5.74, 6) is -2.71. The van der Waals surface area contributed by atoms with E-state index in [9.17, 15) is 32.7 Å². The first-order valence-corrected chi connectivity index (χ1v) is 22.6. The van der Waals surface area contributed by atoms with Crippen LogP contribution in [0.25, 0.3) is 11.1 Å². The number of carbonyl (C=O) groups excluding carboxylic acids is 4. The van der Waals surface area contributed by atoms with Gasteiger partial charge in [0.05, 0.1) is 22.7 Å². The SMILES string of the molecule is C[C@@H](O)[C@H](NC(=O)[C@H](CCCCN)NS(=O)(=O)c1ccc(-c2ccccc2)cc1)C(=O)N[C@@H](N)C(=O)N[C@@H](CCCCN)C(=O)N[C@@H](N)B1O[C@@H]2C[C@@H]3C[C@@H](C3(C)C)[C@]2(C)O1. The van der Waals surface area contributed by atoms with E-state index in [0.717, 1.165) is 24.0 Å². The van der Waals surface area contributed by atoms with Crippen molar-refractivity contribution in [2.75, 3.05) is 13.1 Å². The van der Waals surface area contributed by atoms with Crippen molar-refractivity contribution >= 4 is 40.8 Å². The highest BCUT2D eigenvalue weighted by molar-refractivity contribution is 7.89. The maximum atomic E-state index is 13.6. The molecule has 18 nitrogen and oxygen atoms in total. The summed E-state index contributed by atoms with van der Waals surface area (Å²) in [6, 6.07) is 10.3. The molecule has 4 fully saturated rings. The minimum atomic E-state index is -4.24. The first kappa shape index (κ1) is 48.1. The molecule has 1 aliphatic heterocycles. The van der Waals surface area contributed by atoms with Crippen LogP contribution in [-0.2, 0) is 38.5 Å². The average Bonchev–Trinajstić information content (AvgIpc) is 3.59. The van der Waals surface area contributed by atoms with Crippen molar-refractivity contribution in [2.24, 2.45) is 40.2 Å². The molecule has 0 radical (unpaired) electrons. The van der Waals surface area contributed by atoms with Crippen LogP contribution >= 0.6 is 0 Å². The maximum Gasteiger partial charge on any atom is 0.497 e. The van der Waals surface area contributed by atoms with E-state index in [4.69, 9.17) is 32.2 Å². The first-order chi connectivity index (χ1) is 28.8. The molecule has 6 rings (SSSR count). The second-order valence-electron chi connectivity index (χ2n) is 17.3. The van der Waals surface area contributed by atoms with E-state index >= 15 is 0 Å². The molecule has 0 unspecified atom stereocenters. The first-order valence-electron chi connectivity index (χ1n) is 21.1. The Balaban J connectivity index is 1.19. The summed E-state index contributed by atoms with van der Waals surface area (Å²) in [6.45, 7) is 8.38. The van der Waals surface area contributed by atoms with Crippen molar-refractivity contribution in [2.45, 2.75) is 132 Å². The van der Waals surface area contributed by atoms with Gasteiger partial charge in [-0.25, -0.2) is 8.42 Å². The third-order valence-electron chi connectivity index (χ3n) is 12.6. The summed E-state index contributed by atoms with van der Waals surface area (Å²) in [5.41, 5.74) is 25.1. The largest absolute Gasteiger partial charge is 0.497 e. The Bertz CT molecular complexity index is 1950. The second kappa shape index (κ2) is 20.5. The van der Waals surface area contributed by atoms with Crippen LogP contribution < -0.4 is 48.9 Å². The second-order valence-corrected chi connectivity index (χ2v) is 19.0. The van der Waals surface area contributed by atoms with E-state index in [0.29, 0.717) is 44.7 Å². The zero-order valence-electron chi connectivity index (χ0n) is 35.5. The van der Waals surface area contributed by atoms with Gasteiger partial charge >= 0.3 is 7.12 Å². The van der Waals surface area contributed by atoms with Crippen molar-refractivity contribution in [3.8, 4) is 11.1 Å². The van der Waals surface area contributed by atoms with Gasteiger partial charge < -0.3 is 58.6 Å². The Kier molecular flexibility index (Phi) is 16.1. The fraction of sp³-hybridized carbons (Fsp3) is 0.610. The quantitative estimate of drug-likeness (QED) is 0.0413. The smallest absolute Gasteiger partial charge is 0.403 e. The molecule has 20 heteroatoms. The van der Waals surface area contributed by atoms with Gasteiger partial charge in [-0.3, -0.25) is 19.2 Å². The van der Waals surface area contributed by atoms with E-state index in [1.165, 1.54) is 19.1 Å². The van der Waals surface area contributed by atoms with Crippen molar-refractivity contribution in [3.05, 3.63) is 54.6 Å². The monoisotopic (exact) mass is 869 g/mol. The summed E-state index contributed by atoms with van der Waals surface area (Å²) in [4.78, 5) is 54.0. The van der Waals surface area contributed by atoms with Crippen molar-refractivity contribution < 1.29 is 42.0 Å². The van der Waals surface area contributed by atoms with Crippen LogP contribution in [0.2, 0.25) is 0 Å². The number of rotatable bonds is 22. The number of unbranched alkanes of at least 4 members (excludes halogenated alkanes) is 2. The Morgan fingerprint density at radius 1 is 0.787 bits per heavy atom. The maximum absolute atomic E-state index is 13.6. The van der Waals surface area contributed by atoms with Gasteiger partial charge in [-0.05, 0) is 112 Å². The highest BCUT2D eigenvalue weighted by Crippen LogP contribution is 2.65. The molecule has 1 heterocycles. The molecule has 3 saturated carbocycles. The third-order valence-corrected chi connectivity index (χ3v) is 14.1. The number of amides is 4. The van der Waals surface area contributed by atoms with E-state index in [-0.39, 0.29) is 35.2 Å². The number of aliphatic hydroxyl groups is 1. The lowest BCUT2D eigenvalue weighted by molar-refractivity contribution is -0.199. The van der Waals surface area contributed by atoms with Crippen LogP contribution in [0.3, 0.4) is 0 Å². The number of nitrogens with one attached hydrogen (secondary N) is 5. The molecule has 3 aliphatic carbocycles. The molecular formula is C41H64BN9O9S. The predicted molar refractivity (Wildman–Crippen MR) is 230 cm³/mol. The molecular weight excluding hydrogens is 805 g/mol. The Labute approximate surface area is 358 Å². The van der Waals surface area contributed by atoms with Crippen molar-refractivity contribution in [1.82, 2.24) is 26.0 Å². The molecule has 1 saturated heterocycles. The van der Waals surface area contributed by atoms with Gasteiger partial charge in [-0.15, -0.1) is 0 Å². The van der Waals surface area contributed by atoms with Gasteiger partial charge in [-0.2, -0.15) is 4.72 Å². The number of carbonyl (C=O) groups is 4. The zero-order chi connectivity index (χ0) is 44.7. The number of aliphatic hydroxyl groups excluding tert-OH is 1. The highest BCUT2D eigenvalue weighted by Gasteiger charge is 2.68. The standard InChI is InChI=1S/C41H64BN9O9S/c1-24(52)33(48-36(54)30(15-9-11-21-44)51-61(57,58)28-18-16-26(17-19-28)25-12-6-5-7-13-25)37(55)49-34(45)38(56)47-29(14-8-10-20-43)35(53)50-39(46)42-59-32-23-27-22-31(40(27,2)3)41(32,4)60-42/h5-7,12-13,16-19,24,27,29-34,39,51-52H,8-11,14-15,20-23,43-46H2,1-4H3,(H,47,56)(H,48,54)(H,49,55)(H,50,53)/t24-,27+,29+,30+,31+,32-,33+,34-,39-,41+/m1/s1. The van der Waals surface area contributed by atoms with E-state index in [1.54, 1.807) is 12.1 Å². The Hall–Kier alpha value is -3.99. The number of hydrogen-bond acceptors (Lipinski definition) is 13. The molecule has 0 spiro atoms. The molecule has 2 aromatic rings. The minimum absolute atomic E-state index is 0.0236. The molecule has 0 aromatic heterocycles. The van der Waals surface area contributed by atoms with E-state index in [2.05, 4.69) is 39.8 Å². The van der Waals surface area contributed by atoms with Gasteiger partial charge in [0, 0.05) is 0 Å². The lowest BCUT2D eigenvalue weighted by Gasteiger charge is -2.64. The zero-order valence-corrected chi connectivity index (χ0v) is 36.3. The molecule has 10 atom stereocenters. The molecule has 4 amide bonds. The normalized spacial score (nSPS) is 24.5. The van der Waals surface area contributed by atoms with Crippen molar-refractivity contribution in [3.63, 3.8) is 0 Å². The Morgan fingerprint density at radius 3 is 1.97 bits per heavy atom. The van der Waals surface area contributed by atoms with Crippen LogP contribution in [-0.4, -0.2) is 106 Å². The summed E-state index contributed by atoms with van der Waals surface area (Å²) in [5, 5.41) is 20.5. The van der Waals surface area contributed by atoms with E-state index < -0.39 is 82.8 Å². The minimum Gasteiger partial charge on any atom is -0.403 e. The molecule has 61 heavy (non-hydrogen) atoms. The van der Waals surface area contributed by atoms with E-state index in [1.807, 2.05) is 37.3 Å². The van der Waals surface area contributed by atoms with Crippen LogP contribution in [0.1, 0.15) is 79.1 Å². The number of sulfonamides is 1. The van der Waals surface area contributed by atoms with Crippen molar-refractivity contribution in [1.29, 1.82) is 0 Å². The number of hydrogen-bond donors (Lipinski definition) is 10. The predicted octanol–water partition coefficient (Wildman–Crippen LogP) is -0.322. The fourth-order valence-corrected chi connectivity index (χ4v) is 10.1. The summed E-state index contributed by atoms with van der Waals surface area (Å²) < 4.78 is 42.0. The van der Waals surface area contributed by atoms with Crippen LogP contribution in [0, 0.1) is 17.3 Å². The van der Waals surface area contributed by atoms with Crippen LogP contribution in [0.5, 0.6) is 0 Å². The van der Waals surface area contributed by atoms with Crippen LogP contribution in [0.15, 0.2) is 59.5 Å². The number of benzene rings is 2. The highest BCUT2D eigenvalue weighted by atomic mass is 32.2. The lowest BCUT2D eigenvalue weighted by atomic mass is 9.43. The summed E-state index contributed by atoms with van der Waals surface area (Å²) in [6.07, 6.45) is 0.524. The molecule has 2 bridgehead atoms. The molecule has 4 aliphatic rings. The van der Waals surface area contributed by atoms with Gasteiger partial charge in [-0.1, -0.05) is 62.7 Å². The van der Waals surface area contributed by atoms with Gasteiger partial charge in [0.1, 0.15) is 24.2 Å².